The maximum absolute atomic E-state index is 5.94. The molecule has 2 atom stereocenters. The molecular weight excluding hydrogens is 304 g/mol. The molecule has 1 fully saturated rings. The number of rotatable bonds is 4. The van der Waals surface area contributed by atoms with Crippen molar-refractivity contribution in [1.82, 2.24) is 0 Å². The number of hydrogen-bond donors (Lipinski definition) is 1. The lowest BCUT2D eigenvalue weighted by atomic mass is 10.1. The maximum Gasteiger partial charge on any atom is 0.0750 e. The summed E-state index contributed by atoms with van der Waals surface area (Å²) in [4.78, 5) is 2.40. The number of ether oxygens (including phenoxy) is 1. The van der Waals surface area contributed by atoms with Crippen molar-refractivity contribution in [3.63, 3.8) is 0 Å². The third-order valence-electron chi connectivity index (χ3n) is 3.62. The van der Waals surface area contributed by atoms with Gasteiger partial charge >= 0.3 is 0 Å². The maximum atomic E-state index is 5.94. The molecule has 1 aliphatic rings. The summed E-state index contributed by atoms with van der Waals surface area (Å²) < 4.78 is 6.85. The van der Waals surface area contributed by atoms with Crippen LogP contribution in [0.5, 0.6) is 0 Å². The van der Waals surface area contributed by atoms with Gasteiger partial charge in [0.2, 0.25) is 0 Å². The first-order valence-electron chi connectivity index (χ1n) is 7.03. The highest BCUT2D eigenvalue weighted by molar-refractivity contribution is 9.10. The average Bonchev–Trinajstić information content (AvgIpc) is 2.39. The van der Waals surface area contributed by atoms with E-state index in [1.165, 1.54) is 18.5 Å². The predicted molar refractivity (Wildman–Crippen MR) is 83.6 cm³/mol. The molecule has 4 heteroatoms. The minimum Gasteiger partial charge on any atom is -0.377 e. The van der Waals surface area contributed by atoms with Crippen LogP contribution in [0.2, 0.25) is 0 Å². The number of anilines is 1. The van der Waals surface area contributed by atoms with Gasteiger partial charge < -0.3 is 15.4 Å². The number of halogens is 1. The van der Waals surface area contributed by atoms with E-state index < -0.39 is 0 Å². The van der Waals surface area contributed by atoms with Gasteiger partial charge in [-0.1, -0.05) is 22.0 Å². The number of benzene rings is 1. The summed E-state index contributed by atoms with van der Waals surface area (Å²) in [5.74, 6) is 0. The van der Waals surface area contributed by atoms with E-state index in [2.05, 4.69) is 46.0 Å². The Morgan fingerprint density at radius 2 is 2.32 bits per heavy atom. The number of nitrogens with two attached hydrogens (primary N) is 1. The van der Waals surface area contributed by atoms with E-state index in [9.17, 15) is 0 Å². The van der Waals surface area contributed by atoms with Crippen LogP contribution in [0.4, 0.5) is 5.69 Å². The molecule has 1 aromatic rings. The summed E-state index contributed by atoms with van der Waals surface area (Å²) in [6.45, 7) is 6.95. The van der Waals surface area contributed by atoms with Crippen LogP contribution < -0.4 is 10.6 Å². The molecule has 19 heavy (non-hydrogen) atoms. The van der Waals surface area contributed by atoms with Crippen LogP contribution in [0.1, 0.15) is 38.3 Å². The number of hydrogen-bond acceptors (Lipinski definition) is 3. The normalized spacial score (nSPS) is 21.5. The molecule has 0 amide bonds. The fraction of sp³-hybridized carbons (Fsp3) is 0.600. The molecular formula is C15H23BrN2O. The van der Waals surface area contributed by atoms with Crippen molar-refractivity contribution in [2.75, 3.05) is 24.6 Å². The van der Waals surface area contributed by atoms with Crippen LogP contribution in [-0.2, 0) is 4.74 Å². The van der Waals surface area contributed by atoms with Crippen molar-refractivity contribution in [2.45, 2.75) is 38.8 Å². The van der Waals surface area contributed by atoms with Gasteiger partial charge in [0.25, 0.3) is 0 Å². The topological polar surface area (TPSA) is 38.5 Å². The first-order chi connectivity index (χ1) is 9.11. The minimum atomic E-state index is 0.0564. The fourth-order valence-electron chi connectivity index (χ4n) is 2.63. The molecule has 0 saturated carbocycles. The van der Waals surface area contributed by atoms with Gasteiger partial charge in [0.05, 0.1) is 6.10 Å². The molecule has 1 unspecified atom stereocenters. The van der Waals surface area contributed by atoms with Crippen molar-refractivity contribution in [3.8, 4) is 0 Å². The molecule has 1 heterocycles. The molecule has 2 N–H and O–H groups in total. The Balaban J connectivity index is 2.11. The summed E-state index contributed by atoms with van der Waals surface area (Å²) >= 11 is 3.62. The zero-order chi connectivity index (χ0) is 13.8. The van der Waals surface area contributed by atoms with Crippen molar-refractivity contribution in [2.24, 2.45) is 5.73 Å². The summed E-state index contributed by atoms with van der Waals surface area (Å²) in [5, 5.41) is 0. The second kappa shape index (κ2) is 6.73. The number of nitrogens with zero attached hydrogens (tertiary/aromatic N) is 1. The van der Waals surface area contributed by atoms with Gasteiger partial charge in [0.1, 0.15) is 0 Å². The Morgan fingerprint density at radius 3 is 2.95 bits per heavy atom. The third kappa shape index (κ3) is 3.71. The standard InChI is InChI=1S/C15H23BrN2O/c1-3-19-13-5-4-8-18(10-13)12-6-7-14(11(2)17)15(16)9-12/h6-7,9,11,13H,3-5,8,10,17H2,1-2H3/t11-,13?/m0/s1. The monoisotopic (exact) mass is 326 g/mol. The number of piperidine rings is 1. The predicted octanol–water partition coefficient (Wildman–Crippen LogP) is 3.47. The highest BCUT2D eigenvalue weighted by Gasteiger charge is 2.20. The molecule has 1 aromatic carbocycles. The lowest BCUT2D eigenvalue weighted by molar-refractivity contribution is 0.0527. The van der Waals surface area contributed by atoms with Gasteiger partial charge in [-0.25, -0.2) is 0 Å². The Kier molecular flexibility index (Phi) is 5.25. The van der Waals surface area contributed by atoms with Crippen LogP contribution in [0.15, 0.2) is 22.7 Å². The summed E-state index contributed by atoms with van der Waals surface area (Å²) in [7, 11) is 0. The molecule has 0 spiro atoms. The summed E-state index contributed by atoms with van der Waals surface area (Å²) in [5.41, 5.74) is 8.35. The Bertz CT molecular complexity index is 421. The molecule has 106 valence electrons. The van der Waals surface area contributed by atoms with E-state index in [4.69, 9.17) is 10.5 Å². The van der Waals surface area contributed by atoms with E-state index in [-0.39, 0.29) is 6.04 Å². The van der Waals surface area contributed by atoms with Gasteiger partial charge in [0.15, 0.2) is 0 Å². The Morgan fingerprint density at radius 1 is 1.53 bits per heavy atom. The molecule has 3 nitrogen and oxygen atoms in total. The average molecular weight is 327 g/mol. The van der Waals surface area contributed by atoms with Gasteiger partial charge in [-0.15, -0.1) is 0 Å². The lowest BCUT2D eigenvalue weighted by Gasteiger charge is -2.34. The van der Waals surface area contributed by atoms with E-state index >= 15 is 0 Å². The highest BCUT2D eigenvalue weighted by atomic mass is 79.9. The molecule has 0 bridgehead atoms. The van der Waals surface area contributed by atoms with Gasteiger partial charge in [0, 0.05) is 35.9 Å². The van der Waals surface area contributed by atoms with Gasteiger partial charge in [-0.05, 0) is 44.4 Å². The quantitative estimate of drug-likeness (QED) is 0.920. The van der Waals surface area contributed by atoms with E-state index in [0.717, 1.165) is 29.7 Å². The van der Waals surface area contributed by atoms with Crippen LogP contribution in [0.3, 0.4) is 0 Å². The molecule has 1 aliphatic heterocycles. The summed E-state index contributed by atoms with van der Waals surface area (Å²) in [6, 6.07) is 6.51. The third-order valence-corrected chi connectivity index (χ3v) is 4.31. The lowest BCUT2D eigenvalue weighted by Crippen LogP contribution is -2.39. The smallest absolute Gasteiger partial charge is 0.0750 e. The summed E-state index contributed by atoms with van der Waals surface area (Å²) in [6.07, 6.45) is 2.73. The molecule has 2 rings (SSSR count). The highest BCUT2D eigenvalue weighted by Crippen LogP contribution is 2.29. The fourth-order valence-corrected chi connectivity index (χ4v) is 3.35. The van der Waals surface area contributed by atoms with Crippen molar-refractivity contribution >= 4 is 21.6 Å². The van der Waals surface area contributed by atoms with Crippen molar-refractivity contribution < 1.29 is 4.74 Å². The van der Waals surface area contributed by atoms with Gasteiger partial charge in [-0.3, -0.25) is 0 Å². The molecule has 0 aromatic heterocycles. The first kappa shape index (κ1) is 14.8. The SMILES string of the molecule is CCOC1CCCN(c2ccc([C@H](C)N)c(Br)c2)C1. The molecule has 0 aliphatic carbocycles. The largest absolute Gasteiger partial charge is 0.377 e. The van der Waals surface area contributed by atoms with Crippen LogP contribution in [0.25, 0.3) is 0 Å². The van der Waals surface area contributed by atoms with E-state index in [0.29, 0.717) is 6.10 Å². The Hall–Kier alpha value is -0.580. The van der Waals surface area contributed by atoms with Crippen LogP contribution in [0, 0.1) is 0 Å². The van der Waals surface area contributed by atoms with Crippen molar-refractivity contribution in [3.05, 3.63) is 28.2 Å². The molecule has 0 radical (unpaired) electrons. The van der Waals surface area contributed by atoms with E-state index in [1.807, 2.05) is 6.92 Å². The van der Waals surface area contributed by atoms with Crippen LogP contribution in [-0.4, -0.2) is 25.8 Å². The second-order valence-corrected chi connectivity index (χ2v) is 6.01. The zero-order valence-corrected chi connectivity index (χ0v) is 13.3. The first-order valence-corrected chi connectivity index (χ1v) is 7.82. The minimum absolute atomic E-state index is 0.0564. The second-order valence-electron chi connectivity index (χ2n) is 5.16. The van der Waals surface area contributed by atoms with Gasteiger partial charge in [-0.2, -0.15) is 0 Å². The van der Waals surface area contributed by atoms with E-state index in [1.54, 1.807) is 0 Å². The van der Waals surface area contributed by atoms with Crippen molar-refractivity contribution in [1.29, 1.82) is 0 Å². The Labute approximate surface area is 124 Å². The molecule has 1 saturated heterocycles. The van der Waals surface area contributed by atoms with Crippen LogP contribution >= 0.6 is 15.9 Å². The zero-order valence-electron chi connectivity index (χ0n) is 11.7.